The number of hydrogen-bond acceptors (Lipinski definition) is 7. The predicted octanol–water partition coefficient (Wildman–Crippen LogP) is -0.598. The summed E-state index contributed by atoms with van der Waals surface area (Å²) in [6, 6.07) is 6.33. The first-order valence-corrected chi connectivity index (χ1v) is 7.58. The zero-order chi connectivity index (χ0) is 19.5. The first-order chi connectivity index (χ1) is 12.4. The van der Waals surface area contributed by atoms with Gasteiger partial charge in [0.05, 0.1) is 31.4 Å². The third-order valence-corrected chi connectivity index (χ3v) is 2.97. The highest BCUT2D eigenvalue weighted by Crippen LogP contribution is 2.16. The molecule has 0 heterocycles. The van der Waals surface area contributed by atoms with Crippen LogP contribution in [0.25, 0.3) is 0 Å². The van der Waals surface area contributed by atoms with Gasteiger partial charge in [0, 0.05) is 12.3 Å². The number of aliphatic hydroxyl groups excluding tert-OH is 1. The molecular formula is C16H20N4O6. The number of amides is 3. The molecule has 0 spiro atoms. The Hall–Kier alpha value is -3.27. The topological polar surface area (TPSA) is 146 Å². The highest BCUT2D eigenvalue weighted by atomic mass is 16.5. The number of benzene rings is 1. The van der Waals surface area contributed by atoms with E-state index in [2.05, 4.69) is 20.5 Å². The van der Waals surface area contributed by atoms with Gasteiger partial charge in [0.2, 0.25) is 5.91 Å². The van der Waals surface area contributed by atoms with E-state index in [1.165, 1.54) is 20.1 Å². The van der Waals surface area contributed by atoms with Gasteiger partial charge in [0.1, 0.15) is 0 Å². The van der Waals surface area contributed by atoms with Crippen molar-refractivity contribution in [1.82, 2.24) is 10.7 Å². The second kappa shape index (κ2) is 10.6. The van der Waals surface area contributed by atoms with Crippen molar-refractivity contribution in [2.45, 2.75) is 13.3 Å². The van der Waals surface area contributed by atoms with E-state index in [4.69, 9.17) is 5.11 Å². The van der Waals surface area contributed by atoms with Gasteiger partial charge in [-0.2, -0.15) is 5.10 Å². The summed E-state index contributed by atoms with van der Waals surface area (Å²) in [7, 11) is 1.23. The molecule has 0 bridgehead atoms. The van der Waals surface area contributed by atoms with E-state index in [-0.39, 0.29) is 36.5 Å². The minimum atomic E-state index is -1.02. The lowest BCUT2D eigenvalue weighted by atomic mass is 10.1. The van der Waals surface area contributed by atoms with E-state index in [0.29, 0.717) is 0 Å². The fourth-order valence-corrected chi connectivity index (χ4v) is 1.79. The van der Waals surface area contributed by atoms with Crippen LogP contribution in [0.3, 0.4) is 0 Å². The molecular weight excluding hydrogens is 344 g/mol. The highest BCUT2D eigenvalue weighted by molar-refractivity contribution is 6.35. The maximum Gasteiger partial charge on any atom is 0.339 e. The van der Waals surface area contributed by atoms with Crippen LogP contribution in [0.4, 0.5) is 5.69 Å². The number of methoxy groups -OCH3 is 1. The van der Waals surface area contributed by atoms with Gasteiger partial charge in [-0.05, 0) is 19.1 Å². The van der Waals surface area contributed by atoms with E-state index < -0.39 is 23.7 Å². The zero-order valence-corrected chi connectivity index (χ0v) is 14.4. The largest absolute Gasteiger partial charge is 0.465 e. The Bertz CT molecular complexity index is 716. The molecule has 140 valence electrons. The predicted molar refractivity (Wildman–Crippen MR) is 92.4 cm³/mol. The van der Waals surface area contributed by atoms with Crippen molar-refractivity contribution < 1.29 is 29.0 Å². The average molecular weight is 364 g/mol. The Morgan fingerprint density at radius 3 is 2.50 bits per heavy atom. The summed E-state index contributed by atoms with van der Waals surface area (Å²) in [6.07, 6.45) is -0.173. The number of nitrogens with zero attached hydrogens (tertiary/aromatic N) is 1. The van der Waals surface area contributed by atoms with Crippen LogP contribution in [0.2, 0.25) is 0 Å². The quantitative estimate of drug-likeness (QED) is 0.220. The molecule has 26 heavy (non-hydrogen) atoms. The van der Waals surface area contributed by atoms with Gasteiger partial charge in [-0.15, -0.1) is 0 Å². The Morgan fingerprint density at radius 1 is 1.15 bits per heavy atom. The standard InChI is InChI=1S/C16H20N4O6/c1-10(19-20-15(24)14(23)17-7-8-21)9-13(22)18-12-6-4-3-5-11(12)16(25)26-2/h3-6,21H,7-9H2,1-2H3,(H,17,23)(H,18,22)(H,20,24)/b19-10-. The van der Waals surface area contributed by atoms with Crippen molar-refractivity contribution in [2.75, 3.05) is 25.6 Å². The lowest BCUT2D eigenvalue weighted by molar-refractivity contribution is -0.139. The number of nitrogens with one attached hydrogen (secondary N) is 3. The summed E-state index contributed by atoms with van der Waals surface area (Å²) in [5.41, 5.74) is 2.72. The molecule has 10 heteroatoms. The molecule has 0 aliphatic rings. The van der Waals surface area contributed by atoms with Crippen LogP contribution < -0.4 is 16.1 Å². The summed E-state index contributed by atoms with van der Waals surface area (Å²) < 4.78 is 4.64. The van der Waals surface area contributed by atoms with Crippen LogP contribution in [0.5, 0.6) is 0 Å². The third kappa shape index (κ3) is 6.69. The number of hydrazone groups is 1. The van der Waals surface area contributed by atoms with E-state index in [1.807, 2.05) is 5.43 Å². The summed E-state index contributed by atoms with van der Waals surface area (Å²) in [5, 5.41) is 16.9. The summed E-state index contributed by atoms with van der Waals surface area (Å²) in [6.45, 7) is 1.13. The van der Waals surface area contributed by atoms with Crippen molar-refractivity contribution in [3.63, 3.8) is 0 Å². The second-order valence-corrected chi connectivity index (χ2v) is 5.03. The number of esters is 1. The minimum absolute atomic E-state index is 0.0586. The maximum atomic E-state index is 12.0. The van der Waals surface area contributed by atoms with Crippen LogP contribution in [0.15, 0.2) is 29.4 Å². The smallest absolute Gasteiger partial charge is 0.339 e. The third-order valence-electron chi connectivity index (χ3n) is 2.97. The summed E-state index contributed by atoms with van der Waals surface area (Å²) in [5.74, 6) is -3.03. The molecule has 10 nitrogen and oxygen atoms in total. The molecule has 0 unspecified atom stereocenters. The summed E-state index contributed by atoms with van der Waals surface area (Å²) >= 11 is 0. The van der Waals surface area contributed by atoms with Crippen molar-refractivity contribution in [3.05, 3.63) is 29.8 Å². The Morgan fingerprint density at radius 2 is 1.85 bits per heavy atom. The highest BCUT2D eigenvalue weighted by Gasteiger charge is 2.15. The van der Waals surface area contributed by atoms with E-state index >= 15 is 0 Å². The van der Waals surface area contributed by atoms with Gasteiger partial charge in [0.25, 0.3) is 0 Å². The number of ether oxygens (including phenoxy) is 1. The van der Waals surface area contributed by atoms with Crippen molar-refractivity contribution in [2.24, 2.45) is 5.10 Å². The number of hydrogen-bond donors (Lipinski definition) is 4. The van der Waals surface area contributed by atoms with Crippen molar-refractivity contribution >= 4 is 35.1 Å². The van der Waals surface area contributed by atoms with Crippen LogP contribution in [0.1, 0.15) is 23.7 Å². The molecule has 0 fully saturated rings. The number of anilines is 1. The lowest BCUT2D eigenvalue weighted by Gasteiger charge is -2.09. The van der Waals surface area contributed by atoms with Crippen LogP contribution >= 0.6 is 0 Å². The minimum Gasteiger partial charge on any atom is -0.465 e. The van der Waals surface area contributed by atoms with Crippen molar-refractivity contribution in [3.8, 4) is 0 Å². The molecule has 1 aromatic carbocycles. The van der Waals surface area contributed by atoms with E-state index in [9.17, 15) is 19.2 Å². The number of aliphatic hydroxyl groups is 1. The fraction of sp³-hybridized carbons (Fsp3) is 0.312. The van der Waals surface area contributed by atoms with Gasteiger partial charge in [0.15, 0.2) is 0 Å². The zero-order valence-electron chi connectivity index (χ0n) is 14.4. The van der Waals surface area contributed by atoms with E-state index in [1.54, 1.807) is 18.2 Å². The van der Waals surface area contributed by atoms with Crippen LogP contribution in [0, 0.1) is 0 Å². The van der Waals surface area contributed by atoms with Crippen LogP contribution in [-0.4, -0.2) is 54.8 Å². The fourth-order valence-electron chi connectivity index (χ4n) is 1.79. The first-order valence-electron chi connectivity index (χ1n) is 7.58. The molecule has 1 aromatic rings. The Balaban J connectivity index is 2.61. The Kier molecular flexibility index (Phi) is 8.44. The maximum absolute atomic E-state index is 12.0. The molecule has 0 aromatic heterocycles. The SMILES string of the molecule is COC(=O)c1ccccc1NC(=O)C/C(C)=N\NC(=O)C(=O)NCCO. The molecule has 0 radical (unpaired) electrons. The number of carbonyl (C=O) groups is 4. The number of para-hydroxylation sites is 1. The van der Waals surface area contributed by atoms with Gasteiger partial charge in [-0.1, -0.05) is 12.1 Å². The molecule has 0 atom stereocenters. The molecule has 3 amide bonds. The van der Waals surface area contributed by atoms with Crippen molar-refractivity contribution in [1.29, 1.82) is 0 Å². The number of rotatable bonds is 7. The second-order valence-electron chi connectivity index (χ2n) is 5.03. The monoisotopic (exact) mass is 364 g/mol. The van der Waals surface area contributed by atoms with Crippen LogP contribution in [-0.2, 0) is 19.1 Å². The van der Waals surface area contributed by atoms with Gasteiger partial charge >= 0.3 is 17.8 Å². The normalized spacial score (nSPS) is 10.7. The average Bonchev–Trinajstić information content (AvgIpc) is 2.63. The molecule has 1 rings (SSSR count). The number of carbonyl (C=O) groups excluding carboxylic acids is 4. The Labute approximate surface area is 149 Å². The van der Waals surface area contributed by atoms with Gasteiger partial charge in [-0.3, -0.25) is 14.4 Å². The molecule has 0 saturated carbocycles. The lowest BCUT2D eigenvalue weighted by Crippen LogP contribution is -2.39. The molecule has 0 aliphatic heterocycles. The van der Waals surface area contributed by atoms with E-state index in [0.717, 1.165) is 0 Å². The van der Waals surface area contributed by atoms with Gasteiger partial charge in [-0.25, -0.2) is 10.2 Å². The summed E-state index contributed by atoms with van der Waals surface area (Å²) in [4.78, 5) is 46.4. The molecule has 0 saturated heterocycles. The molecule has 4 N–H and O–H groups in total. The van der Waals surface area contributed by atoms with Gasteiger partial charge < -0.3 is 20.5 Å². The molecule has 0 aliphatic carbocycles. The first kappa shape index (κ1) is 20.8.